The Kier molecular flexibility index (Phi) is 10.3. The molecule has 5 atom stereocenters. The first-order valence-corrected chi connectivity index (χ1v) is 11.5. The van der Waals surface area contributed by atoms with E-state index in [1.165, 1.54) is 0 Å². The highest BCUT2D eigenvalue weighted by molar-refractivity contribution is 5.99. The van der Waals surface area contributed by atoms with Crippen molar-refractivity contribution in [3.05, 3.63) is 12.2 Å². The van der Waals surface area contributed by atoms with Crippen molar-refractivity contribution in [2.75, 3.05) is 13.1 Å². The Morgan fingerprint density at radius 3 is 2.43 bits per heavy atom. The van der Waals surface area contributed by atoms with Gasteiger partial charge in [0, 0.05) is 25.4 Å². The van der Waals surface area contributed by atoms with E-state index >= 15 is 0 Å². The standard InChI is InChI=1S/C23H38N2O5/c1-3-4-9-14-24-22(28)16(2)23(29)25-15-18-17(19-12-13-20(18)30-19)10-7-5-6-8-11-21(26)27/h5,7,16-20H,3-4,6,8-15H2,1-2H3,(H,24,28)(H,25,29)(H,26,27)/b7-5-/t16?,17-,18+,19-,20+/m1/s1. The number of carbonyl (C=O) groups is 3. The number of amides is 2. The second kappa shape index (κ2) is 12.7. The van der Waals surface area contributed by atoms with E-state index in [0.717, 1.165) is 44.9 Å². The molecule has 2 fully saturated rings. The molecule has 2 amide bonds. The van der Waals surface area contributed by atoms with Gasteiger partial charge in [-0.15, -0.1) is 0 Å². The van der Waals surface area contributed by atoms with Gasteiger partial charge in [-0.1, -0.05) is 31.9 Å². The second-order valence-corrected chi connectivity index (χ2v) is 8.58. The maximum atomic E-state index is 12.5. The molecule has 1 unspecified atom stereocenters. The Morgan fingerprint density at radius 1 is 1.03 bits per heavy atom. The quantitative estimate of drug-likeness (QED) is 0.227. The van der Waals surface area contributed by atoms with Crippen molar-refractivity contribution in [3.63, 3.8) is 0 Å². The smallest absolute Gasteiger partial charge is 0.303 e. The molecule has 170 valence electrons. The van der Waals surface area contributed by atoms with Crippen LogP contribution in [0.5, 0.6) is 0 Å². The van der Waals surface area contributed by atoms with E-state index in [4.69, 9.17) is 9.84 Å². The van der Waals surface area contributed by atoms with Crippen molar-refractivity contribution in [1.82, 2.24) is 10.6 Å². The molecular weight excluding hydrogens is 384 g/mol. The molecule has 30 heavy (non-hydrogen) atoms. The van der Waals surface area contributed by atoms with Crippen molar-refractivity contribution < 1.29 is 24.2 Å². The lowest BCUT2D eigenvalue weighted by atomic mass is 9.77. The Hall–Kier alpha value is -1.89. The van der Waals surface area contributed by atoms with Gasteiger partial charge in [0.2, 0.25) is 11.8 Å². The Labute approximate surface area is 180 Å². The number of hydrogen-bond donors (Lipinski definition) is 3. The molecule has 2 rings (SSSR count). The lowest BCUT2D eigenvalue weighted by Crippen LogP contribution is -2.44. The molecule has 2 saturated heterocycles. The topological polar surface area (TPSA) is 105 Å². The summed E-state index contributed by atoms with van der Waals surface area (Å²) in [5.41, 5.74) is 0. The number of allylic oxidation sites excluding steroid dienone is 2. The van der Waals surface area contributed by atoms with Crippen LogP contribution in [0.25, 0.3) is 0 Å². The molecule has 0 radical (unpaired) electrons. The van der Waals surface area contributed by atoms with E-state index < -0.39 is 11.9 Å². The summed E-state index contributed by atoms with van der Waals surface area (Å²) >= 11 is 0. The third kappa shape index (κ3) is 7.42. The van der Waals surface area contributed by atoms with Crippen LogP contribution in [0.4, 0.5) is 0 Å². The third-order valence-electron chi connectivity index (χ3n) is 6.30. The molecule has 0 spiro atoms. The van der Waals surface area contributed by atoms with Crippen LogP contribution in [-0.2, 0) is 19.1 Å². The number of rotatable bonds is 14. The van der Waals surface area contributed by atoms with Gasteiger partial charge in [-0.2, -0.15) is 0 Å². The minimum atomic E-state index is -0.760. The molecule has 0 saturated carbocycles. The van der Waals surface area contributed by atoms with Gasteiger partial charge in [-0.3, -0.25) is 14.4 Å². The van der Waals surface area contributed by atoms with Crippen molar-refractivity contribution in [3.8, 4) is 0 Å². The average molecular weight is 423 g/mol. The number of carboxylic acid groups (broad SMARTS) is 1. The molecule has 0 aliphatic carbocycles. The van der Waals surface area contributed by atoms with Crippen LogP contribution in [0.2, 0.25) is 0 Å². The van der Waals surface area contributed by atoms with E-state index in [2.05, 4.69) is 29.7 Å². The number of nitrogens with one attached hydrogen (secondary N) is 2. The molecule has 3 N–H and O–H groups in total. The summed E-state index contributed by atoms with van der Waals surface area (Å²) in [5.74, 6) is -1.28. The van der Waals surface area contributed by atoms with Gasteiger partial charge in [0.15, 0.2) is 0 Å². The number of unbranched alkanes of at least 4 members (excludes halogenated alkanes) is 3. The molecule has 0 aromatic rings. The summed E-state index contributed by atoms with van der Waals surface area (Å²) in [6.07, 6.45) is 12.3. The highest BCUT2D eigenvalue weighted by atomic mass is 16.5. The maximum Gasteiger partial charge on any atom is 0.303 e. The SMILES string of the molecule is CCCCCNC(=O)C(C)C(=O)NC[C@H]1[C@@H](C/C=C\CCCC(=O)O)[C@H]2CC[C@@H]1O2. The maximum absolute atomic E-state index is 12.5. The number of carboxylic acids is 1. The normalized spacial score (nSPS) is 26.1. The fraction of sp³-hybridized carbons (Fsp3) is 0.783. The number of fused-ring (bicyclic) bond motifs is 2. The first kappa shape index (κ1) is 24.4. The summed E-state index contributed by atoms with van der Waals surface area (Å²) in [6.45, 7) is 4.91. The van der Waals surface area contributed by atoms with Crippen LogP contribution in [-0.4, -0.2) is 48.2 Å². The van der Waals surface area contributed by atoms with Crippen molar-refractivity contribution in [2.45, 2.75) is 83.8 Å². The number of ether oxygens (including phenoxy) is 1. The summed E-state index contributed by atoms with van der Waals surface area (Å²) in [6, 6.07) is 0. The second-order valence-electron chi connectivity index (χ2n) is 8.58. The van der Waals surface area contributed by atoms with Gasteiger partial charge in [-0.05, 0) is 51.4 Å². The van der Waals surface area contributed by atoms with Crippen LogP contribution in [0, 0.1) is 17.8 Å². The van der Waals surface area contributed by atoms with Gasteiger partial charge in [0.1, 0.15) is 5.92 Å². The largest absolute Gasteiger partial charge is 0.481 e. The lowest BCUT2D eigenvalue weighted by molar-refractivity contribution is -0.137. The predicted octanol–water partition coefficient (Wildman–Crippen LogP) is 3.04. The first-order chi connectivity index (χ1) is 14.4. The first-order valence-electron chi connectivity index (χ1n) is 11.5. The van der Waals surface area contributed by atoms with Crippen LogP contribution < -0.4 is 10.6 Å². The molecule has 2 aliphatic rings. The van der Waals surface area contributed by atoms with Crippen LogP contribution in [0.3, 0.4) is 0 Å². The molecule has 2 bridgehead atoms. The number of aliphatic carboxylic acids is 1. The zero-order chi connectivity index (χ0) is 21.9. The van der Waals surface area contributed by atoms with Gasteiger partial charge in [-0.25, -0.2) is 0 Å². The van der Waals surface area contributed by atoms with E-state index in [1.54, 1.807) is 6.92 Å². The third-order valence-corrected chi connectivity index (χ3v) is 6.30. The summed E-state index contributed by atoms with van der Waals surface area (Å²) in [7, 11) is 0. The fourth-order valence-electron chi connectivity index (χ4n) is 4.45. The molecule has 7 heteroatoms. The fourth-order valence-corrected chi connectivity index (χ4v) is 4.45. The van der Waals surface area contributed by atoms with Crippen LogP contribution >= 0.6 is 0 Å². The van der Waals surface area contributed by atoms with Gasteiger partial charge >= 0.3 is 5.97 Å². The Morgan fingerprint density at radius 2 is 1.73 bits per heavy atom. The number of hydrogen-bond acceptors (Lipinski definition) is 4. The van der Waals surface area contributed by atoms with Gasteiger partial charge < -0.3 is 20.5 Å². The Bertz CT molecular complexity index is 606. The van der Waals surface area contributed by atoms with E-state index in [1.807, 2.05) is 0 Å². The molecule has 2 aliphatic heterocycles. The summed E-state index contributed by atoms with van der Waals surface area (Å²) < 4.78 is 6.08. The Balaban J connectivity index is 1.75. The van der Waals surface area contributed by atoms with E-state index in [9.17, 15) is 14.4 Å². The molecule has 0 aromatic heterocycles. The molecule has 0 aromatic carbocycles. The minimum absolute atomic E-state index is 0.180. The minimum Gasteiger partial charge on any atom is -0.481 e. The van der Waals surface area contributed by atoms with Gasteiger partial charge in [0.05, 0.1) is 12.2 Å². The monoisotopic (exact) mass is 422 g/mol. The van der Waals surface area contributed by atoms with Crippen molar-refractivity contribution >= 4 is 17.8 Å². The highest BCUT2D eigenvalue weighted by Crippen LogP contribution is 2.44. The van der Waals surface area contributed by atoms with E-state index in [0.29, 0.717) is 25.4 Å². The van der Waals surface area contributed by atoms with Crippen LogP contribution in [0.15, 0.2) is 12.2 Å². The van der Waals surface area contributed by atoms with Crippen molar-refractivity contribution in [2.24, 2.45) is 17.8 Å². The summed E-state index contributed by atoms with van der Waals surface area (Å²) in [4.78, 5) is 35.2. The highest BCUT2D eigenvalue weighted by Gasteiger charge is 2.48. The molecular formula is C23H38N2O5. The number of carbonyl (C=O) groups excluding carboxylic acids is 2. The van der Waals surface area contributed by atoms with Crippen molar-refractivity contribution in [1.29, 1.82) is 0 Å². The summed E-state index contributed by atoms with van der Waals surface area (Å²) in [5, 5.41) is 14.5. The predicted molar refractivity (Wildman–Crippen MR) is 115 cm³/mol. The van der Waals surface area contributed by atoms with Gasteiger partial charge in [0.25, 0.3) is 0 Å². The van der Waals surface area contributed by atoms with E-state index in [-0.39, 0.29) is 36.4 Å². The van der Waals surface area contributed by atoms with Crippen LogP contribution in [0.1, 0.15) is 71.6 Å². The zero-order valence-corrected chi connectivity index (χ0v) is 18.4. The zero-order valence-electron chi connectivity index (χ0n) is 18.4. The average Bonchev–Trinajstić information content (AvgIpc) is 3.32. The molecule has 7 nitrogen and oxygen atoms in total. The lowest BCUT2D eigenvalue weighted by Gasteiger charge is -2.27. The molecule has 2 heterocycles.